The Bertz CT molecular complexity index is 1220. The predicted octanol–water partition coefficient (Wildman–Crippen LogP) is 4.92. The van der Waals surface area contributed by atoms with Gasteiger partial charge in [0.25, 0.3) is 10.0 Å². The highest BCUT2D eigenvalue weighted by atomic mass is 32.2. The second-order valence-corrected chi connectivity index (χ2v) is 9.06. The minimum absolute atomic E-state index is 0.0335. The van der Waals surface area contributed by atoms with Gasteiger partial charge in [-0.15, -0.1) is 6.58 Å². The first-order valence-electron chi connectivity index (χ1n) is 9.47. The number of carbonyl (C=O) groups is 1. The maximum Gasteiger partial charge on any atom is 0.270 e. The maximum atomic E-state index is 13.6. The number of anilines is 1. The normalized spacial score (nSPS) is 18.7. The molecule has 152 valence electrons. The summed E-state index contributed by atoms with van der Waals surface area (Å²) in [5, 5.41) is 0. The summed E-state index contributed by atoms with van der Waals surface area (Å²) in [4.78, 5) is 13.7. The van der Waals surface area contributed by atoms with Crippen LogP contribution in [0, 0.1) is 12.7 Å². The molecule has 0 saturated heterocycles. The van der Waals surface area contributed by atoms with E-state index in [1.807, 2.05) is 6.92 Å². The topological polar surface area (TPSA) is 54.5 Å². The molecule has 4 nitrogen and oxygen atoms in total. The van der Waals surface area contributed by atoms with E-state index in [0.717, 1.165) is 9.87 Å². The number of hydrogen-bond acceptors (Lipinski definition) is 3. The number of amides is 1. The van der Waals surface area contributed by atoms with E-state index in [1.54, 1.807) is 42.5 Å². The fourth-order valence-corrected chi connectivity index (χ4v) is 5.35. The lowest BCUT2D eigenvalue weighted by atomic mass is 9.77. The summed E-state index contributed by atoms with van der Waals surface area (Å²) in [6, 6.07) is 18.8. The predicted molar refractivity (Wildman–Crippen MR) is 114 cm³/mol. The van der Waals surface area contributed by atoms with Crippen LogP contribution < -0.4 is 4.31 Å². The number of hydrogen-bond donors (Lipinski definition) is 0. The zero-order valence-corrected chi connectivity index (χ0v) is 17.1. The molecule has 1 amide bonds. The standard InChI is InChI=1S/C24H20FNO3S/c1-3-20-21-6-4-5-7-22(21)26(30(28,29)19-14-8-16(2)9-15-19)24(27)23(20)17-10-12-18(25)13-11-17/h3-15,20,23H,1H2,2H3/t20-,23+/m1/s1. The average Bonchev–Trinajstić information content (AvgIpc) is 2.73. The minimum atomic E-state index is -4.15. The lowest BCUT2D eigenvalue weighted by Gasteiger charge is -2.37. The Hall–Kier alpha value is -3.25. The van der Waals surface area contributed by atoms with E-state index < -0.39 is 33.6 Å². The highest BCUT2D eigenvalue weighted by Gasteiger charge is 2.45. The molecule has 1 aliphatic heterocycles. The first-order chi connectivity index (χ1) is 14.3. The molecule has 1 aliphatic rings. The highest BCUT2D eigenvalue weighted by Crippen LogP contribution is 2.46. The molecule has 3 aromatic rings. The van der Waals surface area contributed by atoms with Crippen LogP contribution in [0.2, 0.25) is 0 Å². The van der Waals surface area contributed by atoms with Gasteiger partial charge >= 0.3 is 0 Å². The van der Waals surface area contributed by atoms with Gasteiger partial charge in [0.1, 0.15) is 5.82 Å². The molecule has 0 spiro atoms. The van der Waals surface area contributed by atoms with Crippen molar-refractivity contribution in [3.63, 3.8) is 0 Å². The van der Waals surface area contributed by atoms with E-state index in [4.69, 9.17) is 0 Å². The molecule has 6 heteroatoms. The van der Waals surface area contributed by atoms with E-state index in [0.29, 0.717) is 16.8 Å². The van der Waals surface area contributed by atoms with Crippen molar-refractivity contribution in [1.82, 2.24) is 0 Å². The number of para-hydroxylation sites is 1. The van der Waals surface area contributed by atoms with E-state index >= 15 is 0 Å². The van der Waals surface area contributed by atoms with Gasteiger partial charge in [-0.3, -0.25) is 4.79 Å². The van der Waals surface area contributed by atoms with Crippen LogP contribution in [-0.2, 0) is 14.8 Å². The van der Waals surface area contributed by atoms with Crippen LogP contribution in [0.4, 0.5) is 10.1 Å². The number of allylic oxidation sites excluding steroid dienone is 1. The second kappa shape index (κ2) is 7.54. The molecular weight excluding hydrogens is 401 g/mol. The summed E-state index contributed by atoms with van der Waals surface area (Å²) >= 11 is 0. The zero-order valence-electron chi connectivity index (χ0n) is 16.3. The molecule has 0 saturated carbocycles. The van der Waals surface area contributed by atoms with Crippen LogP contribution in [-0.4, -0.2) is 14.3 Å². The number of nitrogens with zero attached hydrogens (tertiary/aromatic N) is 1. The molecule has 3 aromatic carbocycles. The van der Waals surface area contributed by atoms with Crippen LogP contribution in [0.5, 0.6) is 0 Å². The lowest BCUT2D eigenvalue weighted by molar-refractivity contribution is -0.119. The minimum Gasteiger partial charge on any atom is -0.273 e. The monoisotopic (exact) mass is 421 g/mol. The molecule has 1 heterocycles. The van der Waals surface area contributed by atoms with Gasteiger partial charge in [-0.05, 0) is 48.4 Å². The van der Waals surface area contributed by atoms with Crippen molar-refractivity contribution >= 4 is 21.6 Å². The average molecular weight is 421 g/mol. The smallest absolute Gasteiger partial charge is 0.270 e. The number of benzene rings is 3. The Morgan fingerprint density at radius 3 is 2.23 bits per heavy atom. The molecule has 0 aliphatic carbocycles. The molecule has 0 N–H and O–H groups in total. The number of aryl methyl sites for hydroxylation is 1. The van der Waals surface area contributed by atoms with Gasteiger partial charge in [-0.1, -0.05) is 54.1 Å². The van der Waals surface area contributed by atoms with Crippen LogP contribution in [0.1, 0.15) is 28.5 Å². The number of rotatable bonds is 4. The summed E-state index contributed by atoms with van der Waals surface area (Å²) in [5.41, 5.74) is 2.43. The summed E-state index contributed by atoms with van der Waals surface area (Å²) < 4.78 is 41.4. The van der Waals surface area contributed by atoms with E-state index in [-0.39, 0.29) is 4.90 Å². The molecule has 0 radical (unpaired) electrons. The summed E-state index contributed by atoms with van der Waals surface area (Å²) in [7, 11) is -4.15. The number of halogens is 1. The van der Waals surface area contributed by atoms with Crippen molar-refractivity contribution in [3.05, 3.63) is 108 Å². The first-order valence-corrected chi connectivity index (χ1v) is 10.9. The van der Waals surface area contributed by atoms with Crippen molar-refractivity contribution in [3.8, 4) is 0 Å². The van der Waals surface area contributed by atoms with Gasteiger partial charge in [-0.2, -0.15) is 0 Å². The van der Waals surface area contributed by atoms with Gasteiger partial charge in [0.15, 0.2) is 0 Å². The van der Waals surface area contributed by atoms with Gasteiger partial charge in [0.05, 0.1) is 16.5 Å². The van der Waals surface area contributed by atoms with E-state index in [1.165, 1.54) is 36.4 Å². The molecule has 0 aromatic heterocycles. The van der Waals surface area contributed by atoms with Crippen LogP contribution in [0.25, 0.3) is 0 Å². The SMILES string of the molecule is C=C[C@@H]1c2ccccc2N(S(=O)(=O)c2ccc(C)cc2)C(=O)[C@H]1c1ccc(F)cc1. The summed E-state index contributed by atoms with van der Waals surface area (Å²) in [6.45, 7) is 5.73. The zero-order chi connectivity index (χ0) is 21.5. The Kier molecular flexibility index (Phi) is 5.03. The third-order valence-electron chi connectivity index (χ3n) is 5.38. The Balaban J connectivity index is 1.93. The Morgan fingerprint density at radius 2 is 1.60 bits per heavy atom. The summed E-state index contributed by atoms with van der Waals surface area (Å²) in [5.74, 6) is -2.30. The molecule has 30 heavy (non-hydrogen) atoms. The Morgan fingerprint density at radius 1 is 0.967 bits per heavy atom. The number of fused-ring (bicyclic) bond motifs is 1. The second-order valence-electron chi connectivity index (χ2n) is 7.27. The van der Waals surface area contributed by atoms with Crippen molar-refractivity contribution in [1.29, 1.82) is 0 Å². The molecule has 0 fully saturated rings. The maximum absolute atomic E-state index is 13.6. The van der Waals surface area contributed by atoms with Crippen molar-refractivity contribution in [2.45, 2.75) is 23.7 Å². The third-order valence-corrected chi connectivity index (χ3v) is 7.11. The van der Waals surface area contributed by atoms with Crippen LogP contribution in [0.3, 0.4) is 0 Å². The van der Waals surface area contributed by atoms with Gasteiger partial charge in [0.2, 0.25) is 5.91 Å². The largest absolute Gasteiger partial charge is 0.273 e. The molecular formula is C24H20FNO3S. The van der Waals surface area contributed by atoms with Gasteiger partial charge in [0, 0.05) is 5.92 Å². The first kappa shape index (κ1) is 20.0. The summed E-state index contributed by atoms with van der Waals surface area (Å²) in [6.07, 6.45) is 1.64. The number of carbonyl (C=O) groups excluding carboxylic acids is 1. The molecule has 4 rings (SSSR count). The third kappa shape index (κ3) is 3.23. The lowest BCUT2D eigenvalue weighted by Crippen LogP contribution is -2.45. The van der Waals surface area contributed by atoms with Crippen molar-refractivity contribution in [2.24, 2.45) is 0 Å². The van der Waals surface area contributed by atoms with E-state index in [9.17, 15) is 17.6 Å². The van der Waals surface area contributed by atoms with Gasteiger partial charge < -0.3 is 0 Å². The number of sulfonamides is 1. The van der Waals surface area contributed by atoms with Crippen LogP contribution >= 0.6 is 0 Å². The fraction of sp³-hybridized carbons (Fsp3) is 0.125. The quantitative estimate of drug-likeness (QED) is 0.562. The van der Waals surface area contributed by atoms with Gasteiger partial charge in [-0.25, -0.2) is 17.1 Å². The van der Waals surface area contributed by atoms with E-state index in [2.05, 4.69) is 6.58 Å². The van der Waals surface area contributed by atoms with Crippen molar-refractivity contribution < 1.29 is 17.6 Å². The van der Waals surface area contributed by atoms with Crippen molar-refractivity contribution in [2.75, 3.05) is 4.31 Å². The molecule has 0 unspecified atom stereocenters. The molecule has 2 atom stereocenters. The fourth-order valence-electron chi connectivity index (χ4n) is 3.88. The molecule has 0 bridgehead atoms. The highest BCUT2D eigenvalue weighted by molar-refractivity contribution is 7.93. The van der Waals surface area contributed by atoms with Crippen LogP contribution in [0.15, 0.2) is 90.3 Å². The Labute approximate surface area is 175 Å².